The number of hydrogen-bond acceptors (Lipinski definition) is 4. The number of piperidine rings is 1. The van der Waals surface area contributed by atoms with Crippen molar-refractivity contribution in [1.82, 2.24) is 10.3 Å². The zero-order chi connectivity index (χ0) is 19.9. The average molecular weight is 380 g/mol. The van der Waals surface area contributed by atoms with Gasteiger partial charge in [0.15, 0.2) is 0 Å². The summed E-state index contributed by atoms with van der Waals surface area (Å²) >= 11 is 0. The summed E-state index contributed by atoms with van der Waals surface area (Å²) in [6.45, 7) is 6.23. The van der Waals surface area contributed by atoms with Crippen LogP contribution in [0.4, 0.5) is 11.4 Å². The summed E-state index contributed by atoms with van der Waals surface area (Å²) in [5, 5.41) is 2.82. The van der Waals surface area contributed by atoms with E-state index in [4.69, 9.17) is 0 Å². The first-order chi connectivity index (χ1) is 13.5. The molecule has 0 bridgehead atoms. The Labute approximate surface area is 166 Å². The van der Waals surface area contributed by atoms with Gasteiger partial charge in [0.25, 0.3) is 0 Å². The molecular formula is C22H28N4O2. The van der Waals surface area contributed by atoms with Crippen LogP contribution in [0.25, 0.3) is 0 Å². The van der Waals surface area contributed by atoms with Gasteiger partial charge in [-0.15, -0.1) is 0 Å². The monoisotopic (exact) mass is 380 g/mol. The van der Waals surface area contributed by atoms with Crippen LogP contribution in [-0.4, -0.2) is 36.4 Å². The molecule has 1 aliphatic rings. The molecule has 1 saturated heterocycles. The van der Waals surface area contributed by atoms with E-state index in [1.54, 1.807) is 6.20 Å². The minimum Gasteiger partial charge on any atom is -0.372 e. The number of benzene rings is 1. The van der Waals surface area contributed by atoms with Crippen molar-refractivity contribution in [3.8, 4) is 0 Å². The Morgan fingerprint density at radius 1 is 1.14 bits per heavy atom. The van der Waals surface area contributed by atoms with Gasteiger partial charge in [0.05, 0.1) is 12.2 Å². The summed E-state index contributed by atoms with van der Waals surface area (Å²) in [7, 11) is 0. The number of aromatic nitrogens is 1. The van der Waals surface area contributed by atoms with E-state index in [0.29, 0.717) is 6.54 Å². The lowest BCUT2D eigenvalue weighted by atomic mass is 9.99. The number of carbonyl (C=O) groups excluding carboxylic acids is 2. The molecule has 0 saturated carbocycles. The van der Waals surface area contributed by atoms with Crippen LogP contribution in [-0.2, 0) is 16.1 Å². The second-order valence-electron chi connectivity index (χ2n) is 7.39. The smallest absolute Gasteiger partial charge is 0.240 e. The normalized spacial score (nSPS) is 14.6. The van der Waals surface area contributed by atoms with E-state index in [1.807, 2.05) is 42.5 Å². The highest BCUT2D eigenvalue weighted by Crippen LogP contribution is 2.25. The van der Waals surface area contributed by atoms with Crippen molar-refractivity contribution < 1.29 is 9.59 Å². The van der Waals surface area contributed by atoms with Crippen molar-refractivity contribution >= 4 is 23.2 Å². The van der Waals surface area contributed by atoms with Gasteiger partial charge in [0.1, 0.15) is 6.54 Å². The van der Waals surface area contributed by atoms with Crippen molar-refractivity contribution in [2.24, 2.45) is 5.92 Å². The van der Waals surface area contributed by atoms with Crippen molar-refractivity contribution in [3.63, 3.8) is 0 Å². The molecule has 6 nitrogen and oxygen atoms in total. The SMILES string of the molecule is CC(=O)N(CC(=O)NCc1ccccn1)c1ccc(N2CCC(C)CC2)cc1. The van der Waals surface area contributed by atoms with Gasteiger partial charge >= 0.3 is 0 Å². The third-order valence-electron chi connectivity index (χ3n) is 5.18. The highest BCUT2D eigenvalue weighted by atomic mass is 16.2. The van der Waals surface area contributed by atoms with Crippen LogP contribution in [0.1, 0.15) is 32.4 Å². The van der Waals surface area contributed by atoms with Gasteiger partial charge in [-0.05, 0) is 55.2 Å². The summed E-state index contributed by atoms with van der Waals surface area (Å²) in [4.78, 5) is 32.5. The molecular weight excluding hydrogens is 352 g/mol. The predicted octanol–water partition coefficient (Wildman–Crippen LogP) is 2.99. The highest BCUT2D eigenvalue weighted by Gasteiger charge is 2.18. The maximum absolute atomic E-state index is 12.3. The predicted molar refractivity (Wildman–Crippen MR) is 111 cm³/mol. The fourth-order valence-corrected chi connectivity index (χ4v) is 3.39. The van der Waals surface area contributed by atoms with Gasteiger partial charge in [-0.1, -0.05) is 13.0 Å². The Bertz CT molecular complexity index is 784. The van der Waals surface area contributed by atoms with Gasteiger partial charge in [0.2, 0.25) is 11.8 Å². The molecule has 2 heterocycles. The minimum atomic E-state index is -0.213. The van der Waals surface area contributed by atoms with E-state index < -0.39 is 0 Å². The first-order valence-corrected chi connectivity index (χ1v) is 9.82. The third-order valence-corrected chi connectivity index (χ3v) is 5.18. The van der Waals surface area contributed by atoms with Crippen LogP contribution >= 0.6 is 0 Å². The number of nitrogens with zero attached hydrogens (tertiary/aromatic N) is 3. The van der Waals surface area contributed by atoms with Gasteiger partial charge in [-0.25, -0.2) is 0 Å². The van der Waals surface area contributed by atoms with Gasteiger partial charge < -0.3 is 15.1 Å². The zero-order valence-electron chi connectivity index (χ0n) is 16.6. The molecule has 148 valence electrons. The molecule has 28 heavy (non-hydrogen) atoms. The van der Waals surface area contributed by atoms with E-state index in [2.05, 4.69) is 22.1 Å². The average Bonchev–Trinajstić information content (AvgIpc) is 2.72. The van der Waals surface area contributed by atoms with Gasteiger partial charge in [-0.3, -0.25) is 14.6 Å². The van der Waals surface area contributed by atoms with Crippen LogP contribution in [0.2, 0.25) is 0 Å². The van der Waals surface area contributed by atoms with E-state index in [-0.39, 0.29) is 18.4 Å². The minimum absolute atomic E-state index is 0.0112. The second kappa shape index (κ2) is 9.35. The first-order valence-electron chi connectivity index (χ1n) is 9.82. The summed E-state index contributed by atoms with van der Waals surface area (Å²) in [6, 6.07) is 13.5. The van der Waals surface area contributed by atoms with Crippen LogP contribution in [0.5, 0.6) is 0 Å². The first kappa shape index (κ1) is 19.9. The molecule has 1 aliphatic heterocycles. The number of carbonyl (C=O) groups is 2. The van der Waals surface area contributed by atoms with Crippen molar-refractivity contribution in [2.45, 2.75) is 33.2 Å². The Kier molecular flexibility index (Phi) is 6.63. The number of hydrogen-bond donors (Lipinski definition) is 1. The Hall–Kier alpha value is -2.89. The lowest BCUT2D eigenvalue weighted by Gasteiger charge is -2.32. The van der Waals surface area contributed by atoms with E-state index >= 15 is 0 Å². The number of anilines is 2. The standard InChI is InChI=1S/C22H28N4O2/c1-17-10-13-25(14-11-17)20-6-8-21(9-7-20)26(18(2)27)16-22(28)24-15-19-5-3-4-12-23-19/h3-9,12,17H,10-11,13-16H2,1-2H3,(H,24,28). The molecule has 1 fully saturated rings. The van der Waals surface area contributed by atoms with Crippen molar-refractivity contribution in [1.29, 1.82) is 0 Å². The number of rotatable bonds is 6. The lowest BCUT2D eigenvalue weighted by molar-refractivity contribution is -0.123. The second-order valence-corrected chi connectivity index (χ2v) is 7.39. The topological polar surface area (TPSA) is 65.5 Å². The van der Waals surface area contributed by atoms with Crippen molar-refractivity contribution in [3.05, 3.63) is 54.4 Å². The molecule has 0 radical (unpaired) electrons. The fraction of sp³-hybridized carbons (Fsp3) is 0.409. The van der Waals surface area contributed by atoms with Gasteiger partial charge in [0, 0.05) is 37.6 Å². The molecule has 0 atom stereocenters. The number of nitrogens with one attached hydrogen (secondary N) is 1. The molecule has 1 N–H and O–H groups in total. The fourth-order valence-electron chi connectivity index (χ4n) is 3.39. The van der Waals surface area contributed by atoms with E-state index in [9.17, 15) is 9.59 Å². The molecule has 0 unspecified atom stereocenters. The molecule has 0 spiro atoms. The van der Waals surface area contributed by atoms with E-state index in [0.717, 1.165) is 30.4 Å². The Balaban J connectivity index is 1.60. The molecule has 6 heteroatoms. The summed E-state index contributed by atoms with van der Waals surface area (Å²) < 4.78 is 0. The number of pyridine rings is 1. The third kappa shape index (κ3) is 5.31. The van der Waals surface area contributed by atoms with Crippen LogP contribution < -0.4 is 15.1 Å². The maximum Gasteiger partial charge on any atom is 0.240 e. The molecule has 1 aromatic heterocycles. The molecule has 3 rings (SSSR count). The lowest BCUT2D eigenvalue weighted by Crippen LogP contribution is -2.39. The molecule has 1 aromatic carbocycles. The van der Waals surface area contributed by atoms with Gasteiger partial charge in [-0.2, -0.15) is 0 Å². The number of amides is 2. The Morgan fingerprint density at radius 3 is 2.46 bits per heavy atom. The summed E-state index contributed by atoms with van der Waals surface area (Å²) in [5.74, 6) is 0.413. The zero-order valence-corrected chi connectivity index (χ0v) is 16.6. The summed E-state index contributed by atoms with van der Waals surface area (Å²) in [5.41, 5.74) is 2.68. The van der Waals surface area contributed by atoms with Crippen LogP contribution in [0.15, 0.2) is 48.7 Å². The Morgan fingerprint density at radius 2 is 1.86 bits per heavy atom. The largest absolute Gasteiger partial charge is 0.372 e. The van der Waals surface area contributed by atoms with Crippen LogP contribution in [0, 0.1) is 5.92 Å². The maximum atomic E-state index is 12.3. The molecule has 2 aromatic rings. The summed E-state index contributed by atoms with van der Waals surface area (Å²) in [6.07, 6.45) is 4.10. The highest BCUT2D eigenvalue weighted by molar-refractivity contribution is 5.97. The molecule has 0 aliphatic carbocycles. The van der Waals surface area contributed by atoms with Crippen LogP contribution in [0.3, 0.4) is 0 Å². The van der Waals surface area contributed by atoms with Crippen molar-refractivity contribution in [2.75, 3.05) is 29.4 Å². The molecule has 2 amide bonds. The quantitative estimate of drug-likeness (QED) is 0.837. The van der Waals surface area contributed by atoms with E-state index in [1.165, 1.54) is 30.4 Å².